The van der Waals surface area contributed by atoms with Crippen LogP contribution < -0.4 is 16.0 Å². The average molecular weight is 586 g/mol. The van der Waals surface area contributed by atoms with Crippen LogP contribution in [0.2, 0.25) is 0 Å². The summed E-state index contributed by atoms with van der Waals surface area (Å²) in [5.41, 5.74) is 1.82. The quantitative estimate of drug-likeness (QED) is 0.140. The van der Waals surface area contributed by atoms with Crippen LogP contribution in [-0.4, -0.2) is 51.3 Å². The van der Waals surface area contributed by atoms with Gasteiger partial charge in [-0.1, -0.05) is 26.2 Å². The number of anilines is 4. The Morgan fingerprint density at radius 2 is 1.51 bits per heavy atom. The Labute approximate surface area is 249 Å². The molecule has 1 fully saturated rings. The van der Waals surface area contributed by atoms with Gasteiger partial charge in [0, 0.05) is 49.3 Å². The van der Waals surface area contributed by atoms with Crippen molar-refractivity contribution in [3.63, 3.8) is 0 Å². The van der Waals surface area contributed by atoms with Gasteiger partial charge in [0.1, 0.15) is 22.6 Å². The van der Waals surface area contributed by atoms with Crippen LogP contribution in [0.1, 0.15) is 55.9 Å². The number of carbonyl (C=O) groups excluding carboxylic acids is 3. The fourth-order valence-electron chi connectivity index (χ4n) is 4.91. The van der Waals surface area contributed by atoms with Crippen LogP contribution in [0.15, 0.2) is 60.8 Å². The maximum absolute atomic E-state index is 13.2. The van der Waals surface area contributed by atoms with E-state index in [4.69, 9.17) is 4.98 Å². The molecular weight excluding hydrogens is 549 g/mol. The molecule has 0 atom stereocenters. The van der Waals surface area contributed by atoms with Crippen molar-refractivity contribution in [1.29, 1.82) is 0 Å². The Hall–Kier alpha value is -4.80. The van der Waals surface area contributed by atoms with E-state index >= 15 is 0 Å². The summed E-state index contributed by atoms with van der Waals surface area (Å²) >= 11 is 0. The van der Waals surface area contributed by atoms with Gasteiger partial charge in [0.25, 0.3) is 5.91 Å². The number of rotatable bonds is 12. The van der Waals surface area contributed by atoms with Crippen molar-refractivity contribution in [1.82, 2.24) is 19.4 Å². The summed E-state index contributed by atoms with van der Waals surface area (Å²) < 4.78 is 15.2. The van der Waals surface area contributed by atoms with Gasteiger partial charge in [-0.05, 0) is 73.9 Å². The normalized spacial score (nSPS) is 13.4. The molecule has 3 N–H and O–H groups in total. The molecule has 0 unspecified atom stereocenters. The Morgan fingerprint density at radius 3 is 2.09 bits per heavy atom. The molecule has 3 amide bonds. The zero-order valence-corrected chi connectivity index (χ0v) is 24.6. The Balaban J connectivity index is 1.26. The molecule has 10 nitrogen and oxygen atoms in total. The van der Waals surface area contributed by atoms with Crippen molar-refractivity contribution in [3.05, 3.63) is 72.3 Å². The van der Waals surface area contributed by atoms with E-state index in [0.717, 1.165) is 31.1 Å². The zero-order valence-electron chi connectivity index (χ0n) is 24.6. The summed E-state index contributed by atoms with van der Waals surface area (Å²) in [5.74, 6) is -0.894. The maximum atomic E-state index is 13.2. The van der Waals surface area contributed by atoms with E-state index in [1.165, 1.54) is 24.3 Å². The third kappa shape index (κ3) is 6.66. The summed E-state index contributed by atoms with van der Waals surface area (Å²) in [6, 6.07) is 14.3. The summed E-state index contributed by atoms with van der Waals surface area (Å²) in [7, 11) is 3.47. The summed E-state index contributed by atoms with van der Waals surface area (Å²) in [4.78, 5) is 49.5. The minimum absolute atomic E-state index is 0.0819. The molecule has 1 aliphatic rings. The lowest BCUT2D eigenvalue weighted by molar-refractivity contribution is -0.131. The zero-order chi connectivity index (χ0) is 30.6. The van der Waals surface area contributed by atoms with Gasteiger partial charge in [-0.3, -0.25) is 14.4 Å². The number of fused-ring (bicyclic) bond motifs is 1. The largest absolute Gasteiger partial charge is 0.343 e. The van der Waals surface area contributed by atoms with Gasteiger partial charge in [-0.25, -0.2) is 9.37 Å². The smallest absolute Gasteiger partial charge is 0.270 e. The molecule has 1 aliphatic carbocycles. The molecule has 1 saturated carbocycles. The number of amides is 3. The van der Waals surface area contributed by atoms with Crippen molar-refractivity contribution in [2.24, 2.45) is 5.41 Å². The molecule has 5 rings (SSSR count). The summed E-state index contributed by atoms with van der Waals surface area (Å²) in [6.45, 7) is 2.85. The minimum Gasteiger partial charge on any atom is -0.343 e. The van der Waals surface area contributed by atoms with Gasteiger partial charge in [0.05, 0.1) is 0 Å². The van der Waals surface area contributed by atoms with Crippen molar-refractivity contribution in [2.75, 3.05) is 30.0 Å². The van der Waals surface area contributed by atoms with Gasteiger partial charge in [-0.15, -0.1) is 0 Å². The van der Waals surface area contributed by atoms with Crippen LogP contribution in [0.5, 0.6) is 0 Å². The second-order valence-electron chi connectivity index (χ2n) is 11.1. The van der Waals surface area contributed by atoms with Crippen LogP contribution in [0.4, 0.5) is 27.4 Å². The third-order valence-electron chi connectivity index (χ3n) is 7.62. The fraction of sp³-hybridized carbons (Fsp3) is 0.344. The molecule has 0 spiro atoms. The molecule has 4 aromatic rings. The second-order valence-corrected chi connectivity index (χ2v) is 11.1. The van der Waals surface area contributed by atoms with E-state index in [2.05, 4.69) is 27.9 Å². The van der Waals surface area contributed by atoms with Gasteiger partial charge < -0.3 is 25.4 Å². The van der Waals surface area contributed by atoms with Gasteiger partial charge >= 0.3 is 0 Å². The van der Waals surface area contributed by atoms with E-state index < -0.39 is 17.1 Å². The topological polar surface area (TPSA) is 121 Å². The van der Waals surface area contributed by atoms with Gasteiger partial charge in [-0.2, -0.15) is 4.98 Å². The standard InChI is InChI=1S/C32H36FN7O3/c1-4-5-6-7-18-40-26(28(41)39(2)3)19-21-20-34-31(38-27(21)40)37-25-14-12-24(13-15-25)36-30(43)32(16-17-32)29(42)35-23-10-8-22(33)9-11-23/h8-15,19-20H,4-7,16-18H2,1-3H3,(H,35,42)(H,36,43)(H,34,37,38). The average Bonchev–Trinajstić information content (AvgIpc) is 3.74. The predicted molar refractivity (Wildman–Crippen MR) is 165 cm³/mol. The van der Waals surface area contributed by atoms with Gasteiger partial charge in [0.2, 0.25) is 17.8 Å². The van der Waals surface area contributed by atoms with Crippen molar-refractivity contribution in [2.45, 2.75) is 52.0 Å². The molecule has 0 bridgehead atoms. The van der Waals surface area contributed by atoms with Crippen molar-refractivity contribution >= 4 is 51.8 Å². The Bertz CT molecular complexity index is 1630. The molecular formula is C32H36FN7O3. The third-order valence-corrected chi connectivity index (χ3v) is 7.62. The van der Waals surface area contributed by atoms with E-state index in [9.17, 15) is 18.8 Å². The first-order valence-corrected chi connectivity index (χ1v) is 14.5. The van der Waals surface area contributed by atoms with Crippen molar-refractivity contribution < 1.29 is 18.8 Å². The van der Waals surface area contributed by atoms with E-state index in [0.29, 0.717) is 53.7 Å². The SMILES string of the molecule is CCCCCCn1c(C(=O)N(C)C)cc2cnc(Nc3ccc(NC(=O)C4(C(=O)Nc5ccc(F)cc5)CC4)cc3)nc21. The number of halogens is 1. The molecule has 2 aromatic heterocycles. The van der Waals surface area contributed by atoms with Crippen molar-refractivity contribution in [3.8, 4) is 0 Å². The number of aromatic nitrogens is 3. The number of hydrogen-bond acceptors (Lipinski definition) is 6. The highest BCUT2D eigenvalue weighted by Gasteiger charge is 2.56. The minimum atomic E-state index is -1.15. The molecule has 11 heteroatoms. The van der Waals surface area contributed by atoms with E-state index in [1.54, 1.807) is 49.5 Å². The number of carbonyl (C=O) groups is 3. The number of benzene rings is 2. The van der Waals surface area contributed by atoms with Crippen LogP contribution >= 0.6 is 0 Å². The first kappa shape index (κ1) is 29.7. The number of nitrogens with one attached hydrogen (secondary N) is 3. The molecule has 0 saturated heterocycles. The fourth-order valence-corrected chi connectivity index (χ4v) is 4.91. The predicted octanol–water partition coefficient (Wildman–Crippen LogP) is 5.95. The monoisotopic (exact) mass is 585 g/mol. The molecule has 0 aliphatic heterocycles. The molecule has 0 radical (unpaired) electrons. The first-order valence-electron chi connectivity index (χ1n) is 14.5. The Morgan fingerprint density at radius 1 is 0.907 bits per heavy atom. The van der Waals surface area contributed by atoms with Crippen LogP contribution in [0.25, 0.3) is 11.0 Å². The second kappa shape index (κ2) is 12.6. The molecule has 224 valence electrons. The highest BCUT2D eigenvalue weighted by molar-refractivity contribution is 6.17. The lowest BCUT2D eigenvalue weighted by atomic mass is 10.0. The van der Waals surface area contributed by atoms with Crippen LogP contribution in [0, 0.1) is 11.2 Å². The first-order chi connectivity index (χ1) is 20.7. The summed E-state index contributed by atoms with van der Waals surface area (Å²) in [5, 5.41) is 9.54. The van der Waals surface area contributed by atoms with E-state index in [-0.39, 0.29) is 11.8 Å². The molecule has 43 heavy (non-hydrogen) atoms. The Kier molecular flexibility index (Phi) is 8.70. The highest BCUT2D eigenvalue weighted by Crippen LogP contribution is 2.47. The lowest BCUT2D eigenvalue weighted by Crippen LogP contribution is -2.35. The number of aryl methyl sites for hydroxylation is 1. The van der Waals surface area contributed by atoms with Crippen LogP contribution in [0.3, 0.4) is 0 Å². The number of unbranched alkanes of at least 4 members (excludes halogenated alkanes) is 3. The van der Waals surface area contributed by atoms with E-state index in [1.807, 2.05) is 10.6 Å². The number of hydrogen-bond donors (Lipinski definition) is 3. The van der Waals surface area contributed by atoms with Crippen LogP contribution in [-0.2, 0) is 16.1 Å². The molecule has 2 aromatic carbocycles. The maximum Gasteiger partial charge on any atom is 0.270 e. The number of nitrogens with zero attached hydrogens (tertiary/aromatic N) is 4. The summed E-state index contributed by atoms with van der Waals surface area (Å²) in [6.07, 6.45) is 6.87. The highest BCUT2D eigenvalue weighted by atomic mass is 19.1. The molecule has 2 heterocycles. The van der Waals surface area contributed by atoms with Gasteiger partial charge in [0.15, 0.2) is 0 Å². The lowest BCUT2D eigenvalue weighted by Gasteiger charge is -2.16.